The van der Waals surface area contributed by atoms with Crippen LogP contribution in [-0.4, -0.2) is 38.6 Å². The number of amides is 1. The van der Waals surface area contributed by atoms with Crippen molar-refractivity contribution in [1.82, 2.24) is 9.62 Å². The van der Waals surface area contributed by atoms with E-state index in [4.69, 9.17) is 11.6 Å². The van der Waals surface area contributed by atoms with Crippen LogP contribution in [0.5, 0.6) is 0 Å². The molecule has 0 saturated heterocycles. The fraction of sp³-hybridized carbons (Fsp3) is 0.400. The standard InChI is InChI=1S/C15H19ClN2O3S/c1-11(16)9-18(15(19)10-22(20,21)17-2)14-8-7-12-5-3-4-6-13(12)14/h3-6,14,17H,1,7-10H2,2H3. The third kappa shape index (κ3) is 3.88. The Kier molecular flexibility index (Phi) is 5.26. The Balaban J connectivity index is 2.28. The molecule has 7 heteroatoms. The molecule has 2 rings (SSSR count). The quantitative estimate of drug-likeness (QED) is 0.857. The normalized spacial score (nSPS) is 17.1. The lowest BCUT2D eigenvalue weighted by Crippen LogP contribution is -2.41. The second-order valence-electron chi connectivity index (χ2n) is 5.26. The first-order chi connectivity index (χ1) is 10.3. The third-order valence-corrected chi connectivity index (χ3v) is 5.13. The molecule has 1 aliphatic carbocycles. The van der Waals surface area contributed by atoms with Gasteiger partial charge in [-0.2, -0.15) is 0 Å². The number of aryl methyl sites for hydroxylation is 1. The lowest BCUT2D eigenvalue weighted by molar-refractivity contribution is -0.130. The lowest BCUT2D eigenvalue weighted by atomic mass is 10.1. The van der Waals surface area contributed by atoms with Crippen LogP contribution in [0.2, 0.25) is 0 Å². The van der Waals surface area contributed by atoms with E-state index in [9.17, 15) is 13.2 Å². The van der Waals surface area contributed by atoms with E-state index in [0.29, 0.717) is 5.03 Å². The van der Waals surface area contributed by atoms with E-state index in [0.717, 1.165) is 18.4 Å². The van der Waals surface area contributed by atoms with Gasteiger partial charge in [-0.05, 0) is 31.0 Å². The molecule has 1 N–H and O–H groups in total. The van der Waals surface area contributed by atoms with Gasteiger partial charge in [0.2, 0.25) is 15.9 Å². The molecule has 0 heterocycles. The van der Waals surface area contributed by atoms with E-state index < -0.39 is 21.7 Å². The number of rotatable bonds is 6. The molecule has 1 atom stereocenters. The summed E-state index contributed by atoms with van der Waals surface area (Å²) in [4.78, 5) is 14.0. The minimum absolute atomic E-state index is 0.138. The van der Waals surface area contributed by atoms with E-state index in [1.807, 2.05) is 24.3 Å². The second-order valence-corrected chi connectivity index (χ2v) is 7.72. The summed E-state index contributed by atoms with van der Waals surface area (Å²) in [5, 5.41) is 0.305. The number of benzene rings is 1. The number of nitrogens with zero attached hydrogens (tertiary/aromatic N) is 1. The number of fused-ring (bicyclic) bond motifs is 1. The SMILES string of the molecule is C=C(Cl)CN(C(=O)CS(=O)(=O)NC)C1CCc2ccccc21. The second kappa shape index (κ2) is 6.81. The van der Waals surface area contributed by atoms with E-state index in [2.05, 4.69) is 11.3 Å². The molecule has 0 spiro atoms. The molecule has 0 saturated carbocycles. The van der Waals surface area contributed by atoms with Crippen molar-refractivity contribution in [1.29, 1.82) is 0 Å². The molecule has 120 valence electrons. The van der Waals surface area contributed by atoms with Crippen molar-refractivity contribution in [3.05, 3.63) is 47.0 Å². The molecule has 0 aliphatic heterocycles. The maximum Gasteiger partial charge on any atom is 0.240 e. The Morgan fingerprint density at radius 2 is 2.14 bits per heavy atom. The fourth-order valence-electron chi connectivity index (χ4n) is 2.73. The van der Waals surface area contributed by atoms with Gasteiger partial charge in [0.15, 0.2) is 0 Å². The molecule has 5 nitrogen and oxygen atoms in total. The highest BCUT2D eigenvalue weighted by Gasteiger charge is 2.32. The van der Waals surface area contributed by atoms with Crippen LogP contribution >= 0.6 is 11.6 Å². The molecule has 1 aromatic rings. The van der Waals surface area contributed by atoms with Gasteiger partial charge in [-0.3, -0.25) is 4.79 Å². The number of carbonyl (C=O) groups is 1. The van der Waals surface area contributed by atoms with E-state index in [1.54, 1.807) is 0 Å². The largest absolute Gasteiger partial charge is 0.330 e. The average Bonchev–Trinajstić information content (AvgIpc) is 2.88. The Morgan fingerprint density at radius 1 is 1.45 bits per heavy atom. The van der Waals surface area contributed by atoms with Crippen molar-refractivity contribution in [3.63, 3.8) is 0 Å². The summed E-state index contributed by atoms with van der Waals surface area (Å²) in [6.07, 6.45) is 1.62. The summed E-state index contributed by atoms with van der Waals surface area (Å²) in [5.41, 5.74) is 2.23. The van der Waals surface area contributed by atoms with Crippen LogP contribution in [-0.2, 0) is 21.2 Å². The Hall–Kier alpha value is -1.37. The molecular formula is C15H19ClN2O3S. The summed E-state index contributed by atoms with van der Waals surface area (Å²) in [6.45, 7) is 3.77. The lowest BCUT2D eigenvalue weighted by Gasteiger charge is -2.29. The van der Waals surface area contributed by atoms with Crippen LogP contribution in [0, 0.1) is 0 Å². The third-order valence-electron chi connectivity index (χ3n) is 3.76. The molecule has 1 aliphatic rings. The van der Waals surface area contributed by atoms with Crippen molar-refractivity contribution in [2.75, 3.05) is 19.3 Å². The number of nitrogens with one attached hydrogen (secondary N) is 1. The molecule has 0 aromatic heterocycles. The zero-order valence-electron chi connectivity index (χ0n) is 12.4. The summed E-state index contributed by atoms with van der Waals surface area (Å²) in [5.74, 6) is -1.07. The van der Waals surface area contributed by atoms with Crippen molar-refractivity contribution in [3.8, 4) is 0 Å². The first kappa shape index (κ1) is 17.0. The minimum Gasteiger partial charge on any atom is -0.330 e. The zero-order chi connectivity index (χ0) is 16.3. The molecule has 1 unspecified atom stereocenters. The molecule has 22 heavy (non-hydrogen) atoms. The predicted octanol–water partition coefficient (Wildman–Crippen LogP) is 1.80. The Morgan fingerprint density at radius 3 is 2.77 bits per heavy atom. The van der Waals surface area contributed by atoms with Crippen LogP contribution in [0.15, 0.2) is 35.9 Å². The van der Waals surface area contributed by atoms with E-state index >= 15 is 0 Å². The molecule has 0 fully saturated rings. The van der Waals surface area contributed by atoms with Crippen molar-refractivity contribution >= 4 is 27.5 Å². The Labute approximate surface area is 136 Å². The van der Waals surface area contributed by atoms with Gasteiger partial charge < -0.3 is 4.90 Å². The first-order valence-corrected chi connectivity index (χ1v) is 8.99. The molecule has 1 amide bonds. The number of halogens is 1. The highest BCUT2D eigenvalue weighted by atomic mass is 35.5. The predicted molar refractivity (Wildman–Crippen MR) is 87.1 cm³/mol. The number of sulfonamides is 1. The minimum atomic E-state index is -3.62. The summed E-state index contributed by atoms with van der Waals surface area (Å²) in [6, 6.07) is 7.71. The molecule has 1 aromatic carbocycles. The number of carbonyl (C=O) groups excluding carboxylic acids is 1. The van der Waals surface area contributed by atoms with Gasteiger partial charge in [0.25, 0.3) is 0 Å². The number of hydrogen-bond donors (Lipinski definition) is 1. The van der Waals surface area contributed by atoms with Crippen LogP contribution < -0.4 is 4.72 Å². The first-order valence-electron chi connectivity index (χ1n) is 6.96. The van der Waals surface area contributed by atoms with Gasteiger partial charge in [-0.25, -0.2) is 13.1 Å². The van der Waals surface area contributed by atoms with E-state index in [-0.39, 0.29) is 12.6 Å². The van der Waals surface area contributed by atoms with Gasteiger partial charge in [0.1, 0.15) is 5.75 Å². The van der Waals surface area contributed by atoms with Gasteiger partial charge >= 0.3 is 0 Å². The van der Waals surface area contributed by atoms with Gasteiger partial charge in [-0.15, -0.1) is 0 Å². The summed E-state index contributed by atoms with van der Waals surface area (Å²) in [7, 11) is -2.33. The summed E-state index contributed by atoms with van der Waals surface area (Å²) < 4.78 is 25.5. The molecule has 0 bridgehead atoms. The van der Waals surface area contributed by atoms with Crippen molar-refractivity contribution < 1.29 is 13.2 Å². The van der Waals surface area contributed by atoms with Crippen LogP contribution in [0.4, 0.5) is 0 Å². The highest BCUT2D eigenvalue weighted by molar-refractivity contribution is 7.90. The summed E-state index contributed by atoms with van der Waals surface area (Å²) >= 11 is 5.87. The Bertz CT molecular complexity index is 688. The van der Waals surface area contributed by atoms with Crippen molar-refractivity contribution in [2.24, 2.45) is 0 Å². The fourth-order valence-corrected chi connectivity index (χ4v) is 3.50. The van der Waals surface area contributed by atoms with Gasteiger partial charge in [-0.1, -0.05) is 42.4 Å². The van der Waals surface area contributed by atoms with E-state index in [1.165, 1.54) is 17.5 Å². The highest BCUT2D eigenvalue weighted by Crippen LogP contribution is 2.36. The topological polar surface area (TPSA) is 66.5 Å². The van der Waals surface area contributed by atoms with Gasteiger partial charge in [0, 0.05) is 5.03 Å². The van der Waals surface area contributed by atoms with Crippen molar-refractivity contribution in [2.45, 2.75) is 18.9 Å². The van der Waals surface area contributed by atoms with Crippen LogP contribution in [0.1, 0.15) is 23.6 Å². The smallest absolute Gasteiger partial charge is 0.240 e. The molecular weight excluding hydrogens is 324 g/mol. The monoisotopic (exact) mass is 342 g/mol. The van der Waals surface area contributed by atoms with Crippen LogP contribution in [0.3, 0.4) is 0 Å². The maximum absolute atomic E-state index is 12.5. The zero-order valence-corrected chi connectivity index (χ0v) is 14.0. The average molecular weight is 343 g/mol. The van der Waals surface area contributed by atoms with Crippen LogP contribution in [0.25, 0.3) is 0 Å². The van der Waals surface area contributed by atoms with Gasteiger partial charge in [0.05, 0.1) is 12.6 Å². The molecule has 0 radical (unpaired) electrons. The number of hydrogen-bond acceptors (Lipinski definition) is 3. The maximum atomic E-state index is 12.5.